The summed E-state index contributed by atoms with van der Waals surface area (Å²) in [5.41, 5.74) is 0.609. The first-order valence-electron chi connectivity index (χ1n) is 3.91. The molecular formula is C9H13NO2. The van der Waals surface area contributed by atoms with Gasteiger partial charge in [0, 0.05) is 5.57 Å². The summed E-state index contributed by atoms with van der Waals surface area (Å²) in [5, 5.41) is 17.4. The van der Waals surface area contributed by atoms with Gasteiger partial charge in [0.05, 0.1) is 11.6 Å². The van der Waals surface area contributed by atoms with Crippen LogP contribution in [0.15, 0.2) is 11.1 Å². The predicted octanol–water partition coefficient (Wildman–Crippen LogP) is 1.96. The van der Waals surface area contributed by atoms with Gasteiger partial charge in [0.15, 0.2) is 0 Å². The Bertz CT molecular complexity index is 246. The molecule has 0 amide bonds. The van der Waals surface area contributed by atoms with Gasteiger partial charge in [-0.25, -0.2) is 4.79 Å². The molecule has 0 rings (SSSR count). The third kappa shape index (κ3) is 2.39. The van der Waals surface area contributed by atoms with E-state index in [1.807, 2.05) is 19.9 Å². The highest BCUT2D eigenvalue weighted by atomic mass is 16.4. The molecule has 0 aromatic heterocycles. The Morgan fingerprint density at radius 3 is 2.17 bits per heavy atom. The lowest BCUT2D eigenvalue weighted by atomic mass is 9.97. The minimum absolute atomic E-state index is 0.0129. The van der Waals surface area contributed by atoms with Gasteiger partial charge >= 0.3 is 5.97 Å². The van der Waals surface area contributed by atoms with Crippen molar-refractivity contribution < 1.29 is 9.90 Å². The molecular weight excluding hydrogens is 154 g/mol. The van der Waals surface area contributed by atoms with E-state index in [4.69, 9.17) is 10.4 Å². The summed E-state index contributed by atoms with van der Waals surface area (Å²) in [6.07, 6.45) is 0.399. The molecule has 12 heavy (non-hydrogen) atoms. The van der Waals surface area contributed by atoms with Gasteiger partial charge in [0.1, 0.15) is 0 Å². The first-order valence-corrected chi connectivity index (χ1v) is 3.91. The molecule has 0 aliphatic heterocycles. The average Bonchev–Trinajstić information content (AvgIpc) is 1.98. The molecule has 3 nitrogen and oxygen atoms in total. The van der Waals surface area contributed by atoms with Gasteiger partial charge in [-0.3, -0.25) is 0 Å². The van der Waals surface area contributed by atoms with Gasteiger partial charge < -0.3 is 5.11 Å². The molecule has 0 aliphatic rings. The van der Waals surface area contributed by atoms with E-state index in [0.29, 0.717) is 12.0 Å². The maximum absolute atomic E-state index is 10.6. The van der Waals surface area contributed by atoms with Crippen molar-refractivity contribution >= 4 is 5.97 Å². The van der Waals surface area contributed by atoms with Crippen LogP contribution in [0.4, 0.5) is 0 Å². The summed E-state index contributed by atoms with van der Waals surface area (Å²) in [6, 6.07) is 1.93. The van der Waals surface area contributed by atoms with E-state index in [2.05, 4.69) is 0 Å². The number of nitrogens with zero attached hydrogens (tertiary/aromatic N) is 1. The van der Waals surface area contributed by atoms with Gasteiger partial charge in [-0.15, -0.1) is 0 Å². The molecule has 66 valence electrons. The monoisotopic (exact) mass is 167 g/mol. The van der Waals surface area contributed by atoms with Crippen LogP contribution in [0, 0.1) is 17.2 Å². The van der Waals surface area contributed by atoms with E-state index in [1.165, 1.54) is 0 Å². The quantitative estimate of drug-likeness (QED) is 0.516. The van der Waals surface area contributed by atoms with Gasteiger partial charge in [0.25, 0.3) is 0 Å². The largest absolute Gasteiger partial charge is 0.478 e. The second kappa shape index (κ2) is 4.55. The molecule has 0 atom stereocenters. The Morgan fingerprint density at radius 1 is 1.58 bits per heavy atom. The van der Waals surface area contributed by atoms with E-state index >= 15 is 0 Å². The Labute approximate surface area is 72.3 Å². The van der Waals surface area contributed by atoms with Crippen molar-refractivity contribution in [3.63, 3.8) is 0 Å². The fourth-order valence-corrected chi connectivity index (χ4v) is 1.00. The first-order chi connectivity index (χ1) is 5.54. The fourth-order valence-electron chi connectivity index (χ4n) is 1.00. The highest BCUT2D eigenvalue weighted by Crippen LogP contribution is 2.16. The lowest BCUT2D eigenvalue weighted by molar-refractivity contribution is -0.132. The molecule has 1 N–H and O–H groups in total. The minimum Gasteiger partial charge on any atom is -0.478 e. The van der Waals surface area contributed by atoms with Crippen LogP contribution in [-0.2, 0) is 4.79 Å². The molecule has 0 saturated heterocycles. The molecule has 0 radical (unpaired) electrons. The average molecular weight is 167 g/mol. The maximum Gasteiger partial charge on any atom is 0.332 e. The molecule has 3 heteroatoms. The number of nitriles is 1. The second-order valence-corrected chi connectivity index (χ2v) is 2.82. The van der Waals surface area contributed by atoms with Crippen molar-refractivity contribution in [2.24, 2.45) is 5.92 Å². The summed E-state index contributed by atoms with van der Waals surface area (Å²) in [4.78, 5) is 10.6. The number of hydrogen-bond donors (Lipinski definition) is 1. The number of rotatable bonds is 3. The molecule has 0 fully saturated rings. The minimum atomic E-state index is -0.984. The van der Waals surface area contributed by atoms with Crippen molar-refractivity contribution in [2.45, 2.75) is 27.2 Å². The number of carboxylic acid groups (broad SMARTS) is 1. The zero-order valence-electron chi connectivity index (χ0n) is 7.59. The smallest absolute Gasteiger partial charge is 0.332 e. The number of carboxylic acids is 1. The Morgan fingerprint density at radius 2 is 2.08 bits per heavy atom. The number of carbonyl (C=O) groups is 1. The zero-order chi connectivity index (χ0) is 9.72. The molecule has 0 unspecified atom stereocenters. The topological polar surface area (TPSA) is 61.1 Å². The third-order valence-electron chi connectivity index (χ3n) is 1.63. The van der Waals surface area contributed by atoms with Gasteiger partial charge in [-0.05, 0) is 12.3 Å². The maximum atomic E-state index is 10.6. The van der Waals surface area contributed by atoms with Crippen LogP contribution in [0.25, 0.3) is 0 Å². The normalized spacial score (nSPS) is 12.2. The molecule has 0 aromatic rings. The van der Waals surface area contributed by atoms with Crippen molar-refractivity contribution in [3.05, 3.63) is 11.1 Å². The van der Waals surface area contributed by atoms with Crippen LogP contribution in [0.1, 0.15) is 27.2 Å². The summed E-state index contributed by atoms with van der Waals surface area (Å²) in [7, 11) is 0. The summed E-state index contributed by atoms with van der Waals surface area (Å²) >= 11 is 0. The molecule has 0 bridgehead atoms. The Hall–Kier alpha value is -1.30. The third-order valence-corrected chi connectivity index (χ3v) is 1.63. The van der Waals surface area contributed by atoms with Gasteiger partial charge in [-0.2, -0.15) is 5.26 Å². The zero-order valence-corrected chi connectivity index (χ0v) is 7.59. The van der Waals surface area contributed by atoms with E-state index in [-0.39, 0.29) is 11.5 Å². The number of aliphatic carboxylic acids is 1. The molecule has 0 spiro atoms. The standard InChI is InChI=1S/C9H13NO2/c1-4-7(9(11)12)8(5-10)6(2)3/h6H,4H2,1-3H3,(H,11,12). The molecule has 0 heterocycles. The highest BCUT2D eigenvalue weighted by molar-refractivity contribution is 5.88. The first kappa shape index (κ1) is 10.7. The fraction of sp³-hybridized carbons (Fsp3) is 0.556. The molecule has 0 aliphatic carbocycles. The number of allylic oxidation sites excluding steroid dienone is 1. The van der Waals surface area contributed by atoms with Crippen LogP contribution in [-0.4, -0.2) is 11.1 Å². The van der Waals surface area contributed by atoms with Crippen molar-refractivity contribution in [3.8, 4) is 6.07 Å². The van der Waals surface area contributed by atoms with Crippen LogP contribution in [0.5, 0.6) is 0 Å². The second-order valence-electron chi connectivity index (χ2n) is 2.82. The molecule has 0 aromatic carbocycles. The lowest BCUT2D eigenvalue weighted by Crippen LogP contribution is -2.06. The summed E-state index contributed by atoms with van der Waals surface area (Å²) < 4.78 is 0. The van der Waals surface area contributed by atoms with Gasteiger partial charge in [0.2, 0.25) is 0 Å². The lowest BCUT2D eigenvalue weighted by Gasteiger charge is -2.06. The van der Waals surface area contributed by atoms with E-state index in [0.717, 1.165) is 0 Å². The van der Waals surface area contributed by atoms with Crippen LogP contribution in [0.3, 0.4) is 0 Å². The Balaban J connectivity index is 5.05. The predicted molar refractivity (Wildman–Crippen MR) is 45.4 cm³/mol. The van der Waals surface area contributed by atoms with Gasteiger partial charge in [-0.1, -0.05) is 20.8 Å². The van der Waals surface area contributed by atoms with Crippen molar-refractivity contribution in [2.75, 3.05) is 0 Å². The SMILES string of the molecule is CCC(C(=O)O)=C(C#N)C(C)C. The Kier molecular flexibility index (Phi) is 4.06. The van der Waals surface area contributed by atoms with E-state index in [1.54, 1.807) is 6.92 Å². The van der Waals surface area contributed by atoms with E-state index < -0.39 is 5.97 Å². The van der Waals surface area contributed by atoms with E-state index in [9.17, 15) is 4.79 Å². The van der Waals surface area contributed by atoms with Crippen LogP contribution >= 0.6 is 0 Å². The van der Waals surface area contributed by atoms with Crippen molar-refractivity contribution in [1.29, 1.82) is 5.26 Å². The summed E-state index contributed by atoms with van der Waals surface area (Å²) in [5.74, 6) is -0.996. The highest BCUT2D eigenvalue weighted by Gasteiger charge is 2.14. The molecule has 0 saturated carbocycles. The van der Waals surface area contributed by atoms with Crippen LogP contribution in [0.2, 0.25) is 0 Å². The van der Waals surface area contributed by atoms with Crippen molar-refractivity contribution in [1.82, 2.24) is 0 Å². The van der Waals surface area contributed by atoms with Crippen LogP contribution < -0.4 is 0 Å². The summed E-state index contributed by atoms with van der Waals surface area (Å²) in [6.45, 7) is 5.37. The number of hydrogen-bond acceptors (Lipinski definition) is 2.